The molecule has 0 bridgehead atoms. The summed E-state index contributed by atoms with van der Waals surface area (Å²) in [6, 6.07) is 0. The number of carbonyl (C=O) groups is 1. The maximum atomic E-state index is 11.7. The minimum absolute atomic E-state index is 0.0367. The Morgan fingerprint density at radius 1 is 0.900 bits per heavy atom. The van der Waals surface area contributed by atoms with Gasteiger partial charge in [-0.3, -0.25) is 9.36 Å². The van der Waals surface area contributed by atoms with Gasteiger partial charge in [0.05, 0.1) is 13.2 Å². The molecule has 0 amide bonds. The van der Waals surface area contributed by atoms with Crippen LogP contribution in [-0.4, -0.2) is 43.5 Å². The minimum Gasteiger partial charge on any atom is -0.756 e. The number of aliphatic hydroxyl groups excluding tert-OH is 1. The van der Waals surface area contributed by atoms with Crippen molar-refractivity contribution < 1.29 is 33.1 Å². The predicted octanol–water partition coefficient (Wildman–Crippen LogP) is 3.83. The summed E-state index contributed by atoms with van der Waals surface area (Å²) >= 11 is 0. The average Bonchev–Trinajstić information content (AvgIpc) is 2.72. The first-order chi connectivity index (χ1) is 14.4. The number of hydrogen-bond acceptors (Lipinski definition) is 8. The lowest BCUT2D eigenvalue weighted by Crippen LogP contribution is -2.25. The van der Waals surface area contributed by atoms with E-state index in [2.05, 4.69) is 16.0 Å². The van der Waals surface area contributed by atoms with Crippen LogP contribution in [0.4, 0.5) is 0 Å². The van der Waals surface area contributed by atoms with E-state index in [1.807, 2.05) is 0 Å². The van der Waals surface area contributed by atoms with Crippen molar-refractivity contribution in [2.75, 3.05) is 26.4 Å². The minimum atomic E-state index is -4.48. The summed E-state index contributed by atoms with van der Waals surface area (Å²) in [4.78, 5) is 23.0. The van der Waals surface area contributed by atoms with E-state index in [1.165, 1.54) is 64.2 Å². The number of phosphoric acid groups is 1. The van der Waals surface area contributed by atoms with Gasteiger partial charge in [0.15, 0.2) is 0 Å². The molecule has 0 fully saturated rings. The molecule has 0 spiro atoms. The van der Waals surface area contributed by atoms with E-state index < -0.39 is 26.5 Å². The molecule has 0 aromatic rings. The smallest absolute Gasteiger partial charge is 0.305 e. The number of unbranched alkanes of at least 4 members (excludes halogenated alkanes) is 12. The second-order valence-electron chi connectivity index (χ2n) is 7.69. The molecule has 1 unspecified atom stereocenters. The van der Waals surface area contributed by atoms with Gasteiger partial charge in [-0.05, 0) is 6.42 Å². The van der Waals surface area contributed by atoms with Crippen LogP contribution in [0.25, 0.3) is 0 Å². The second kappa shape index (κ2) is 20.4. The number of carbonyl (C=O) groups excluding carboxylic acids is 1. The molecule has 0 aliphatic heterocycles. The van der Waals surface area contributed by atoms with E-state index >= 15 is 0 Å². The normalized spacial score (nSPS) is 14.4. The van der Waals surface area contributed by atoms with Gasteiger partial charge in [-0.25, -0.2) is 0 Å². The van der Waals surface area contributed by atoms with Crippen molar-refractivity contribution in [1.29, 1.82) is 0 Å². The van der Waals surface area contributed by atoms with Gasteiger partial charge in [-0.1, -0.05) is 84.0 Å². The summed E-state index contributed by atoms with van der Waals surface area (Å²) in [5, 5.41) is 9.63. The van der Waals surface area contributed by atoms with Gasteiger partial charge in [0.2, 0.25) is 0 Å². The van der Waals surface area contributed by atoms with Crippen LogP contribution in [0.15, 0.2) is 0 Å². The molecule has 2 atom stereocenters. The van der Waals surface area contributed by atoms with Gasteiger partial charge in [0.1, 0.15) is 12.7 Å². The Labute approximate surface area is 182 Å². The first-order valence-corrected chi connectivity index (χ1v) is 13.0. The van der Waals surface area contributed by atoms with Crippen LogP contribution in [0, 0.1) is 0 Å². The molecule has 0 aromatic heterocycles. The fourth-order valence-electron chi connectivity index (χ4n) is 2.98. The number of aliphatic hydroxyl groups is 1. The topological polar surface area (TPSA) is 131 Å². The standard InChI is InChI=1S/C21H44NO7P/c1-2-3-4-5-6-7-8-9-10-11-12-13-14-15-21(24)27-18-20(23)19-29-30(25,26)28-17-16-22/h20,23H,2-19,22H2,1H3,(H,25,26)/p-1/t20-/m1/s1. The van der Waals surface area contributed by atoms with Crippen molar-refractivity contribution in [3.8, 4) is 0 Å². The van der Waals surface area contributed by atoms with Gasteiger partial charge in [-0.2, -0.15) is 0 Å². The van der Waals surface area contributed by atoms with Crippen LogP contribution in [0.3, 0.4) is 0 Å². The molecular weight excluding hydrogens is 409 g/mol. The Bertz CT molecular complexity index is 451. The molecule has 0 saturated carbocycles. The number of esters is 1. The maximum Gasteiger partial charge on any atom is 0.305 e. The molecule has 0 rings (SSSR count). The number of nitrogens with two attached hydrogens (primary N) is 1. The third-order valence-corrected chi connectivity index (χ3v) is 5.68. The number of phosphoric ester groups is 1. The molecule has 8 nitrogen and oxygen atoms in total. The Kier molecular flexibility index (Phi) is 20.1. The second-order valence-corrected chi connectivity index (χ2v) is 9.11. The molecule has 0 radical (unpaired) electrons. The molecule has 0 heterocycles. The van der Waals surface area contributed by atoms with Crippen molar-refractivity contribution in [1.82, 2.24) is 0 Å². The summed E-state index contributed by atoms with van der Waals surface area (Å²) in [7, 11) is -4.48. The molecule has 0 aliphatic rings. The maximum absolute atomic E-state index is 11.7. The Morgan fingerprint density at radius 2 is 1.40 bits per heavy atom. The first-order valence-electron chi connectivity index (χ1n) is 11.5. The molecule has 0 saturated heterocycles. The van der Waals surface area contributed by atoms with Crippen LogP contribution in [0.1, 0.15) is 96.8 Å². The molecular formula is C21H43NO7P-. The zero-order chi connectivity index (χ0) is 22.5. The third-order valence-electron chi connectivity index (χ3n) is 4.71. The largest absolute Gasteiger partial charge is 0.756 e. The predicted molar refractivity (Wildman–Crippen MR) is 116 cm³/mol. The SMILES string of the molecule is CCCCCCCCCCCCCCCC(=O)OC[C@@H](O)COP(=O)([O-])OCCN. The van der Waals surface area contributed by atoms with Gasteiger partial charge in [0, 0.05) is 13.0 Å². The van der Waals surface area contributed by atoms with Crippen LogP contribution in [0.2, 0.25) is 0 Å². The van der Waals surface area contributed by atoms with Crippen molar-refractivity contribution >= 4 is 13.8 Å². The van der Waals surface area contributed by atoms with Crippen LogP contribution in [0.5, 0.6) is 0 Å². The highest BCUT2D eigenvalue weighted by molar-refractivity contribution is 7.45. The van der Waals surface area contributed by atoms with E-state index in [0.29, 0.717) is 6.42 Å². The fraction of sp³-hybridized carbons (Fsp3) is 0.952. The summed E-state index contributed by atoms with van der Waals surface area (Å²) in [5.41, 5.74) is 5.13. The Balaban J connectivity index is 3.46. The summed E-state index contributed by atoms with van der Waals surface area (Å²) in [6.45, 7) is 1.25. The van der Waals surface area contributed by atoms with Crippen LogP contribution >= 0.6 is 7.82 Å². The molecule has 0 aromatic carbocycles. The monoisotopic (exact) mass is 452 g/mol. The first kappa shape index (κ1) is 29.5. The Morgan fingerprint density at radius 3 is 1.90 bits per heavy atom. The van der Waals surface area contributed by atoms with E-state index in [4.69, 9.17) is 10.5 Å². The number of hydrogen-bond donors (Lipinski definition) is 2. The summed E-state index contributed by atoms with van der Waals surface area (Å²) < 4.78 is 25.1. The lowest BCUT2D eigenvalue weighted by Gasteiger charge is -2.23. The highest BCUT2D eigenvalue weighted by atomic mass is 31.2. The zero-order valence-corrected chi connectivity index (χ0v) is 19.6. The van der Waals surface area contributed by atoms with Crippen molar-refractivity contribution in [2.24, 2.45) is 5.73 Å². The van der Waals surface area contributed by atoms with Crippen LogP contribution in [-0.2, 0) is 23.1 Å². The Hall–Kier alpha value is -0.500. The quantitative estimate of drug-likeness (QED) is 0.144. The van der Waals surface area contributed by atoms with E-state index in [-0.39, 0.29) is 19.8 Å². The molecule has 180 valence electrons. The molecule has 0 aliphatic carbocycles. The van der Waals surface area contributed by atoms with E-state index in [0.717, 1.165) is 19.3 Å². The van der Waals surface area contributed by atoms with Gasteiger partial charge in [-0.15, -0.1) is 0 Å². The highest BCUT2D eigenvalue weighted by Crippen LogP contribution is 2.37. The zero-order valence-electron chi connectivity index (χ0n) is 18.7. The summed E-state index contributed by atoms with van der Waals surface area (Å²) in [6.07, 6.45) is 15.1. The van der Waals surface area contributed by atoms with Crippen molar-refractivity contribution in [3.05, 3.63) is 0 Å². The van der Waals surface area contributed by atoms with E-state index in [1.54, 1.807) is 0 Å². The van der Waals surface area contributed by atoms with E-state index in [9.17, 15) is 19.4 Å². The lowest BCUT2D eigenvalue weighted by atomic mass is 10.0. The van der Waals surface area contributed by atoms with Gasteiger partial charge >= 0.3 is 5.97 Å². The van der Waals surface area contributed by atoms with Gasteiger partial charge in [0.25, 0.3) is 7.82 Å². The van der Waals surface area contributed by atoms with Crippen molar-refractivity contribution in [3.63, 3.8) is 0 Å². The lowest BCUT2D eigenvalue weighted by molar-refractivity contribution is -0.227. The van der Waals surface area contributed by atoms with Gasteiger partial charge < -0.3 is 29.5 Å². The average molecular weight is 453 g/mol. The molecule has 30 heavy (non-hydrogen) atoms. The molecule has 9 heteroatoms. The fourth-order valence-corrected chi connectivity index (χ4v) is 3.73. The van der Waals surface area contributed by atoms with Crippen LogP contribution < -0.4 is 10.6 Å². The highest BCUT2D eigenvalue weighted by Gasteiger charge is 2.14. The third kappa shape index (κ3) is 20.8. The number of ether oxygens (including phenoxy) is 1. The summed E-state index contributed by atoms with van der Waals surface area (Å²) in [5.74, 6) is -0.401. The van der Waals surface area contributed by atoms with Crippen molar-refractivity contribution in [2.45, 2.75) is 103 Å². The number of rotatable bonds is 22. The molecule has 3 N–H and O–H groups in total.